The topological polar surface area (TPSA) is 47.6 Å². The molecule has 4 heteroatoms. The molecule has 1 aliphatic rings. The van der Waals surface area contributed by atoms with Gasteiger partial charge < -0.3 is 14.8 Å². The molecule has 0 radical (unpaired) electrons. The van der Waals surface area contributed by atoms with Gasteiger partial charge in [0.1, 0.15) is 11.9 Å². The molecule has 3 aromatic carbocycles. The zero-order chi connectivity index (χ0) is 24.5. The minimum Gasteiger partial charge on any atom is -0.486 e. The van der Waals surface area contributed by atoms with Gasteiger partial charge in [-0.2, -0.15) is 0 Å². The zero-order valence-electron chi connectivity index (χ0n) is 20.7. The van der Waals surface area contributed by atoms with Crippen LogP contribution in [-0.2, 0) is 29.0 Å². The van der Waals surface area contributed by atoms with Gasteiger partial charge in [-0.05, 0) is 71.7 Å². The lowest BCUT2D eigenvalue weighted by molar-refractivity contribution is -0.118. The average molecular weight is 470 g/mol. The van der Waals surface area contributed by atoms with E-state index in [0.29, 0.717) is 13.2 Å². The lowest BCUT2D eigenvalue weighted by atomic mass is 9.95. The fraction of sp³-hybridized carbons (Fsp3) is 0.323. The summed E-state index contributed by atoms with van der Waals surface area (Å²) in [5.74, 6) is 0.859. The number of benzene rings is 3. The molecule has 0 spiro atoms. The van der Waals surface area contributed by atoms with Crippen molar-refractivity contribution in [1.82, 2.24) is 5.32 Å². The molecule has 0 saturated carbocycles. The average Bonchev–Trinajstić information content (AvgIpc) is 2.89. The van der Waals surface area contributed by atoms with Gasteiger partial charge in [-0.25, -0.2) is 0 Å². The maximum absolute atomic E-state index is 11.3. The first-order chi connectivity index (χ1) is 17.1. The molecule has 0 saturated heterocycles. The first kappa shape index (κ1) is 24.7. The Morgan fingerprint density at radius 2 is 1.69 bits per heavy atom. The molecule has 1 N–H and O–H groups in total. The van der Waals surface area contributed by atoms with E-state index >= 15 is 0 Å². The number of hydrogen-bond donors (Lipinski definition) is 1. The monoisotopic (exact) mass is 469 g/mol. The van der Waals surface area contributed by atoms with E-state index in [1.165, 1.54) is 22.3 Å². The van der Waals surface area contributed by atoms with Crippen LogP contribution < -0.4 is 10.1 Å². The molecule has 3 aromatic rings. The number of aryl methyl sites for hydroxylation is 1. The van der Waals surface area contributed by atoms with E-state index in [-0.39, 0.29) is 18.1 Å². The number of hydrogen-bond acceptors (Lipinski definition) is 3. The molecule has 0 heterocycles. The first-order valence-electron chi connectivity index (χ1n) is 12.6. The summed E-state index contributed by atoms with van der Waals surface area (Å²) < 4.78 is 12.4. The molecule has 4 rings (SSSR count). The molecule has 0 fully saturated rings. The summed E-state index contributed by atoms with van der Waals surface area (Å²) >= 11 is 0. The Kier molecular flexibility index (Phi) is 8.74. The highest BCUT2D eigenvalue weighted by Gasteiger charge is 2.18. The van der Waals surface area contributed by atoms with Gasteiger partial charge in [-0.1, -0.05) is 73.7 Å². The lowest BCUT2D eigenvalue weighted by Crippen LogP contribution is -2.23. The SMILES string of the molecule is CCc1cccc(-c2cc(OC3C=CC(OCc4ccccc4)CC3)ccc2CCNC(C)=O)c1. The van der Waals surface area contributed by atoms with Gasteiger partial charge in [0.2, 0.25) is 5.91 Å². The number of ether oxygens (including phenoxy) is 2. The molecule has 1 aliphatic carbocycles. The largest absolute Gasteiger partial charge is 0.486 e. The number of rotatable bonds is 10. The number of nitrogens with one attached hydrogen (secondary N) is 1. The van der Waals surface area contributed by atoms with E-state index in [1.807, 2.05) is 24.3 Å². The molecule has 35 heavy (non-hydrogen) atoms. The van der Waals surface area contributed by atoms with Crippen LogP contribution in [0, 0.1) is 0 Å². The maximum Gasteiger partial charge on any atom is 0.216 e. The van der Waals surface area contributed by atoms with E-state index in [1.54, 1.807) is 6.92 Å². The van der Waals surface area contributed by atoms with Crippen LogP contribution in [0.5, 0.6) is 5.75 Å². The lowest BCUT2D eigenvalue weighted by Gasteiger charge is -2.24. The highest BCUT2D eigenvalue weighted by atomic mass is 16.5. The molecule has 1 amide bonds. The highest BCUT2D eigenvalue weighted by Crippen LogP contribution is 2.31. The molecule has 4 nitrogen and oxygen atoms in total. The van der Waals surface area contributed by atoms with Crippen LogP contribution in [0.2, 0.25) is 0 Å². The highest BCUT2D eigenvalue weighted by molar-refractivity contribution is 5.73. The second kappa shape index (κ2) is 12.4. The smallest absolute Gasteiger partial charge is 0.216 e. The van der Waals surface area contributed by atoms with Gasteiger partial charge in [-0.3, -0.25) is 4.79 Å². The van der Waals surface area contributed by atoms with Gasteiger partial charge >= 0.3 is 0 Å². The molecule has 182 valence electrons. The summed E-state index contributed by atoms with van der Waals surface area (Å²) in [4.78, 5) is 11.3. The van der Waals surface area contributed by atoms with Crippen LogP contribution in [0.25, 0.3) is 11.1 Å². The maximum atomic E-state index is 11.3. The Balaban J connectivity index is 1.44. The summed E-state index contributed by atoms with van der Waals surface area (Å²) in [5, 5.41) is 2.91. The number of carbonyl (C=O) groups excluding carboxylic acids is 1. The van der Waals surface area contributed by atoms with Gasteiger partial charge in [0.15, 0.2) is 0 Å². The summed E-state index contributed by atoms with van der Waals surface area (Å²) in [6.07, 6.45) is 8.03. The number of carbonyl (C=O) groups is 1. The minimum absolute atomic E-state index is 0.00498. The Labute approximate surface area is 209 Å². The van der Waals surface area contributed by atoms with Crippen molar-refractivity contribution in [2.75, 3.05) is 6.54 Å². The van der Waals surface area contributed by atoms with Gasteiger partial charge in [0.25, 0.3) is 0 Å². The van der Waals surface area contributed by atoms with Crippen molar-refractivity contribution >= 4 is 5.91 Å². The zero-order valence-corrected chi connectivity index (χ0v) is 20.7. The van der Waals surface area contributed by atoms with Crippen molar-refractivity contribution in [1.29, 1.82) is 0 Å². The van der Waals surface area contributed by atoms with Gasteiger partial charge in [-0.15, -0.1) is 0 Å². The normalized spacial score (nSPS) is 17.2. The quantitative estimate of drug-likeness (QED) is 0.356. The van der Waals surface area contributed by atoms with E-state index in [9.17, 15) is 4.79 Å². The molecule has 0 bridgehead atoms. The van der Waals surface area contributed by atoms with Crippen molar-refractivity contribution < 1.29 is 14.3 Å². The fourth-order valence-electron chi connectivity index (χ4n) is 4.41. The fourth-order valence-corrected chi connectivity index (χ4v) is 4.41. The summed E-state index contributed by atoms with van der Waals surface area (Å²) in [6.45, 7) is 4.97. The Bertz CT molecular complexity index is 1140. The van der Waals surface area contributed by atoms with Crippen LogP contribution in [0.15, 0.2) is 84.9 Å². The summed E-state index contributed by atoms with van der Waals surface area (Å²) in [7, 11) is 0. The first-order valence-corrected chi connectivity index (χ1v) is 12.6. The Morgan fingerprint density at radius 3 is 2.43 bits per heavy atom. The van der Waals surface area contributed by atoms with Crippen LogP contribution in [0.4, 0.5) is 0 Å². The van der Waals surface area contributed by atoms with Crippen molar-refractivity contribution in [3.8, 4) is 16.9 Å². The van der Waals surface area contributed by atoms with Crippen LogP contribution in [0.1, 0.15) is 43.4 Å². The predicted molar refractivity (Wildman–Crippen MR) is 141 cm³/mol. The van der Waals surface area contributed by atoms with E-state index in [4.69, 9.17) is 9.47 Å². The molecule has 2 atom stereocenters. The van der Waals surface area contributed by atoms with Crippen molar-refractivity contribution in [3.63, 3.8) is 0 Å². The van der Waals surface area contributed by atoms with Crippen molar-refractivity contribution in [2.45, 2.75) is 58.3 Å². The molecular formula is C31H35NO3. The Morgan fingerprint density at radius 1 is 0.914 bits per heavy atom. The molecule has 0 aromatic heterocycles. The number of amides is 1. The second-order valence-corrected chi connectivity index (χ2v) is 9.06. The minimum atomic E-state index is -0.00498. The predicted octanol–water partition coefficient (Wildman–Crippen LogP) is 6.28. The standard InChI is InChI=1S/C31H35NO3/c1-3-24-10-7-11-27(20-24)31-21-30(13-12-26(31)18-19-32-23(2)33)35-29-16-14-28(15-17-29)34-22-25-8-5-4-6-9-25/h4-14,16,20-21,28-29H,3,15,17-19,22H2,1-2H3,(H,32,33). The van der Waals surface area contributed by atoms with Gasteiger partial charge in [0, 0.05) is 13.5 Å². The summed E-state index contributed by atoms with van der Waals surface area (Å²) in [6, 6.07) is 25.3. The van der Waals surface area contributed by atoms with Gasteiger partial charge in [0.05, 0.1) is 12.7 Å². The molecule has 2 unspecified atom stereocenters. The third-order valence-electron chi connectivity index (χ3n) is 6.37. The van der Waals surface area contributed by atoms with Crippen molar-refractivity contribution in [3.05, 3.63) is 102 Å². The van der Waals surface area contributed by atoms with E-state index < -0.39 is 0 Å². The third kappa shape index (κ3) is 7.30. The third-order valence-corrected chi connectivity index (χ3v) is 6.37. The van der Waals surface area contributed by atoms with Crippen molar-refractivity contribution in [2.24, 2.45) is 0 Å². The van der Waals surface area contributed by atoms with E-state index in [0.717, 1.165) is 37.0 Å². The second-order valence-electron chi connectivity index (χ2n) is 9.06. The molecule has 0 aliphatic heterocycles. The molecular weight excluding hydrogens is 434 g/mol. The van der Waals surface area contributed by atoms with Crippen LogP contribution in [0.3, 0.4) is 0 Å². The van der Waals surface area contributed by atoms with E-state index in [2.05, 4.69) is 72.9 Å². The van der Waals surface area contributed by atoms with Crippen LogP contribution >= 0.6 is 0 Å². The summed E-state index contributed by atoms with van der Waals surface area (Å²) in [5.41, 5.74) is 6.04. The Hall–Kier alpha value is -3.37. The van der Waals surface area contributed by atoms with Crippen LogP contribution in [-0.4, -0.2) is 24.7 Å².